The molecule has 0 aliphatic heterocycles. The fraction of sp³-hybridized carbons (Fsp3) is 0.214. The van der Waals surface area contributed by atoms with E-state index in [4.69, 9.17) is 0 Å². The third-order valence-electron chi connectivity index (χ3n) is 2.97. The van der Waals surface area contributed by atoms with E-state index in [1.54, 1.807) is 7.05 Å². The van der Waals surface area contributed by atoms with Gasteiger partial charge in [-0.05, 0) is 47.3 Å². The Kier molecular flexibility index (Phi) is 4.64. The van der Waals surface area contributed by atoms with E-state index >= 15 is 0 Å². The summed E-state index contributed by atoms with van der Waals surface area (Å²) in [7, 11) is 1.64. The van der Waals surface area contributed by atoms with Crippen molar-refractivity contribution in [2.75, 3.05) is 7.05 Å². The zero-order valence-corrected chi connectivity index (χ0v) is 12.7. The molecule has 1 atom stereocenters. The number of rotatable bonds is 3. The van der Waals surface area contributed by atoms with Gasteiger partial charge in [-0.25, -0.2) is 0 Å². The summed E-state index contributed by atoms with van der Waals surface area (Å²) < 4.78 is 40.2. The molecule has 0 aliphatic rings. The molecule has 0 fully saturated rings. The Morgan fingerprint density at radius 2 is 1.85 bits per heavy atom. The Morgan fingerprint density at radius 1 is 1.15 bits per heavy atom. The topological polar surface area (TPSA) is 24.9 Å². The van der Waals surface area contributed by atoms with Gasteiger partial charge in [-0.1, -0.05) is 18.2 Å². The first-order valence-corrected chi connectivity index (χ1v) is 6.96. The summed E-state index contributed by atoms with van der Waals surface area (Å²) in [6, 6.07) is 7.81. The van der Waals surface area contributed by atoms with Crippen molar-refractivity contribution in [3.63, 3.8) is 0 Å². The molecule has 2 aromatic rings. The van der Waals surface area contributed by atoms with Crippen molar-refractivity contribution in [1.82, 2.24) is 10.3 Å². The highest BCUT2D eigenvalue weighted by atomic mass is 127. The first kappa shape index (κ1) is 15.2. The van der Waals surface area contributed by atoms with Crippen LogP contribution >= 0.6 is 22.6 Å². The molecule has 0 radical (unpaired) electrons. The second-order valence-electron chi connectivity index (χ2n) is 4.20. The minimum Gasteiger partial charge on any atom is -0.309 e. The molecule has 1 unspecified atom stereocenters. The van der Waals surface area contributed by atoms with Crippen molar-refractivity contribution >= 4 is 22.6 Å². The molecular formula is C14H12F3IN2. The molecule has 1 aromatic heterocycles. The van der Waals surface area contributed by atoms with Crippen LogP contribution in [0.1, 0.15) is 22.7 Å². The molecule has 0 aliphatic carbocycles. The van der Waals surface area contributed by atoms with Crippen LogP contribution in [0.5, 0.6) is 0 Å². The zero-order valence-electron chi connectivity index (χ0n) is 10.6. The van der Waals surface area contributed by atoms with Crippen molar-refractivity contribution < 1.29 is 13.2 Å². The van der Waals surface area contributed by atoms with Gasteiger partial charge in [0.2, 0.25) is 0 Å². The molecule has 2 rings (SSSR count). The molecule has 0 saturated carbocycles. The number of nitrogens with one attached hydrogen (secondary N) is 1. The summed E-state index contributed by atoms with van der Waals surface area (Å²) in [5.41, 5.74) is 0.271. The van der Waals surface area contributed by atoms with E-state index in [9.17, 15) is 13.2 Å². The lowest BCUT2D eigenvalue weighted by molar-refractivity contribution is -0.138. The van der Waals surface area contributed by atoms with Crippen LogP contribution in [0.2, 0.25) is 0 Å². The monoisotopic (exact) mass is 392 g/mol. The molecular weight excluding hydrogens is 380 g/mol. The average molecular weight is 392 g/mol. The first-order chi connectivity index (χ1) is 9.45. The van der Waals surface area contributed by atoms with Crippen molar-refractivity contribution in [3.05, 3.63) is 63.0 Å². The van der Waals surface area contributed by atoms with Gasteiger partial charge in [0.1, 0.15) is 0 Å². The normalized spacial score (nSPS) is 13.2. The fourth-order valence-corrected chi connectivity index (χ4v) is 2.78. The number of alkyl halides is 3. The van der Waals surface area contributed by atoms with Gasteiger partial charge in [-0.3, -0.25) is 4.98 Å². The summed E-state index contributed by atoms with van der Waals surface area (Å²) in [5, 5.41) is 2.94. The van der Waals surface area contributed by atoms with Crippen LogP contribution in [0, 0.1) is 3.57 Å². The second kappa shape index (κ2) is 6.09. The maximum absolute atomic E-state index is 13.1. The lowest BCUT2D eigenvalue weighted by atomic mass is 9.96. The largest absolute Gasteiger partial charge is 0.416 e. The Balaban J connectivity index is 2.57. The quantitative estimate of drug-likeness (QED) is 0.799. The molecule has 0 spiro atoms. The molecule has 20 heavy (non-hydrogen) atoms. The maximum atomic E-state index is 13.1. The summed E-state index contributed by atoms with van der Waals surface area (Å²) >= 11 is 2.12. The molecule has 1 N–H and O–H groups in total. The molecule has 106 valence electrons. The molecule has 0 saturated heterocycles. The number of hydrogen-bond donors (Lipinski definition) is 1. The van der Waals surface area contributed by atoms with Gasteiger partial charge in [0.25, 0.3) is 0 Å². The van der Waals surface area contributed by atoms with Crippen LogP contribution in [-0.2, 0) is 6.18 Å². The third kappa shape index (κ3) is 3.12. The number of pyridine rings is 1. The Bertz CT molecular complexity index is 599. The summed E-state index contributed by atoms with van der Waals surface area (Å²) in [6.07, 6.45) is -1.96. The molecule has 6 heteroatoms. The zero-order chi connectivity index (χ0) is 14.8. The highest BCUT2D eigenvalue weighted by Crippen LogP contribution is 2.36. The number of hydrogen-bond acceptors (Lipinski definition) is 2. The summed E-state index contributed by atoms with van der Waals surface area (Å²) in [5.74, 6) is 0. The van der Waals surface area contributed by atoms with Gasteiger partial charge in [0, 0.05) is 21.5 Å². The number of aromatic nitrogens is 1. The van der Waals surface area contributed by atoms with E-state index in [0.29, 0.717) is 0 Å². The third-order valence-corrected chi connectivity index (χ3v) is 3.96. The number of benzene rings is 1. The number of halogens is 4. The molecule has 0 bridgehead atoms. The van der Waals surface area contributed by atoms with Gasteiger partial charge in [0.15, 0.2) is 0 Å². The Morgan fingerprint density at radius 3 is 2.45 bits per heavy atom. The minimum atomic E-state index is -4.40. The van der Waals surface area contributed by atoms with Crippen LogP contribution in [0.3, 0.4) is 0 Å². The molecule has 2 nitrogen and oxygen atoms in total. The Hall–Kier alpha value is -1.15. The fourth-order valence-electron chi connectivity index (χ4n) is 2.08. The maximum Gasteiger partial charge on any atom is 0.416 e. The standard InChI is InChI=1S/C14H12F3IN2/c1-19-13(9-4-2-3-5-12(9)18)10-8-20-7-6-11(10)14(15,16)17/h2-8,13,19H,1H3. The van der Waals surface area contributed by atoms with Crippen molar-refractivity contribution in [3.8, 4) is 0 Å². The Labute approximate surface area is 128 Å². The highest BCUT2D eigenvalue weighted by molar-refractivity contribution is 14.1. The van der Waals surface area contributed by atoms with E-state index in [2.05, 4.69) is 32.9 Å². The summed E-state index contributed by atoms with van der Waals surface area (Å²) in [6.45, 7) is 0. The lowest BCUT2D eigenvalue weighted by Gasteiger charge is -2.22. The second-order valence-corrected chi connectivity index (χ2v) is 5.37. The molecule has 0 amide bonds. The predicted octanol–water partition coefficient (Wildman–Crippen LogP) is 4.01. The van der Waals surface area contributed by atoms with Crippen molar-refractivity contribution in [2.24, 2.45) is 0 Å². The lowest BCUT2D eigenvalue weighted by Crippen LogP contribution is -2.23. The van der Waals surface area contributed by atoms with E-state index in [0.717, 1.165) is 21.4 Å². The van der Waals surface area contributed by atoms with E-state index < -0.39 is 17.8 Å². The van der Waals surface area contributed by atoms with Crippen LogP contribution in [0.15, 0.2) is 42.7 Å². The SMILES string of the molecule is CNC(c1ccccc1I)c1cnccc1C(F)(F)F. The smallest absolute Gasteiger partial charge is 0.309 e. The van der Waals surface area contributed by atoms with Gasteiger partial charge in [-0.15, -0.1) is 0 Å². The van der Waals surface area contributed by atoms with E-state index in [1.165, 1.54) is 6.20 Å². The van der Waals surface area contributed by atoms with Gasteiger partial charge in [-0.2, -0.15) is 13.2 Å². The van der Waals surface area contributed by atoms with Gasteiger partial charge < -0.3 is 5.32 Å². The molecule has 1 aromatic carbocycles. The summed E-state index contributed by atoms with van der Waals surface area (Å²) in [4.78, 5) is 3.84. The van der Waals surface area contributed by atoms with Crippen LogP contribution in [0.25, 0.3) is 0 Å². The average Bonchev–Trinajstić information content (AvgIpc) is 2.41. The first-order valence-electron chi connectivity index (χ1n) is 5.88. The van der Waals surface area contributed by atoms with Gasteiger partial charge >= 0.3 is 6.18 Å². The van der Waals surface area contributed by atoms with Crippen LogP contribution in [-0.4, -0.2) is 12.0 Å². The van der Waals surface area contributed by atoms with Crippen LogP contribution in [0.4, 0.5) is 13.2 Å². The van der Waals surface area contributed by atoms with Crippen molar-refractivity contribution in [1.29, 1.82) is 0 Å². The van der Waals surface area contributed by atoms with E-state index in [-0.39, 0.29) is 5.56 Å². The van der Waals surface area contributed by atoms with Crippen LogP contribution < -0.4 is 5.32 Å². The highest BCUT2D eigenvalue weighted by Gasteiger charge is 2.35. The van der Waals surface area contributed by atoms with E-state index in [1.807, 2.05) is 24.3 Å². The van der Waals surface area contributed by atoms with Crippen molar-refractivity contribution in [2.45, 2.75) is 12.2 Å². The minimum absolute atomic E-state index is 0.131. The molecule has 1 heterocycles. The predicted molar refractivity (Wildman–Crippen MR) is 79.3 cm³/mol. The number of nitrogens with zero attached hydrogens (tertiary/aromatic N) is 1. The van der Waals surface area contributed by atoms with Gasteiger partial charge in [0.05, 0.1) is 11.6 Å².